The minimum Gasteiger partial charge on any atom is -0.490 e. The van der Waals surface area contributed by atoms with Gasteiger partial charge in [0.1, 0.15) is 5.75 Å². The number of hydrogen-bond acceptors (Lipinski definition) is 3. The molecule has 1 aromatic rings. The van der Waals surface area contributed by atoms with Crippen LogP contribution >= 0.6 is 0 Å². The van der Waals surface area contributed by atoms with Crippen molar-refractivity contribution in [2.45, 2.75) is 45.8 Å². The minimum absolute atomic E-state index is 0.0526. The van der Waals surface area contributed by atoms with Crippen LogP contribution in [0.4, 0.5) is 0 Å². The SMILES string of the molecule is C=Cc1cc(C(O)C(=O)NCCCC)ccc1OC(C)C. The normalized spacial score (nSPS) is 12.0. The van der Waals surface area contributed by atoms with Gasteiger partial charge in [-0.15, -0.1) is 0 Å². The molecular formula is C17H25NO3. The Hall–Kier alpha value is -1.81. The molecule has 1 unspecified atom stereocenters. The topological polar surface area (TPSA) is 58.6 Å². The monoisotopic (exact) mass is 291 g/mol. The lowest BCUT2D eigenvalue weighted by Crippen LogP contribution is -2.30. The van der Waals surface area contributed by atoms with Crippen LogP contribution in [0.25, 0.3) is 6.08 Å². The van der Waals surface area contributed by atoms with E-state index in [1.165, 1.54) is 0 Å². The standard InChI is InChI=1S/C17H25NO3/c1-5-7-10-18-17(20)16(19)14-8-9-15(21-12(3)4)13(6-2)11-14/h6,8-9,11-12,16,19H,2,5,7,10H2,1,3-4H3,(H,18,20). The maximum absolute atomic E-state index is 11.9. The largest absolute Gasteiger partial charge is 0.490 e. The van der Waals surface area contributed by atoms with Crippen LogP contribution in [-0.4, -0.2) is 23.7 Å². The molecule has 0 saturated heterocycles. The average molecular weight is 291 g/mol. The summed E-state index contributed by atoms with van der Waals surface area (Å²) >= 11 is 0. The Morgan fingerprint density at radius 2 is 2.19 bits per heavy atom. The summed E-state index contributed by atoms with van der Waals surface area (Å²) in [7, 11) is 0. The number of aliphatic hydroxyl groups excluding tert-OH is 1. The van der Waals surface area contributed by atoms with Crippen molar-refractivity contribution in [3.8, 4) is 5.75 Å². The van der Waals surface area contributed by atoms with E-state index in [9.17, 15) is 9.90 Å². The van der Waals surface area contributed by atoms with E-state index in [-0.39, 0.29) is 12.0 Å². The molecule has 0 radical (unpaired) electrons. The van der Waals surface area contributed by atoms with Crippen molar-refractivity contribution in [2.75, 3.05) is 6.54 Å². The summed E-state index contributed by atoms with van der Waals surface area (Å²) in [4.78, 5) is 11.9. The Bertz CT molecular complexity index is 483. The van der Waals surface area contributed by atoms with Gasteiger partial charge in [-0.2, -0.15) is 0 Å². The van der Waals surface area contributed by atoms with Gasteiger partial charge >= 0.3 is 0 Å². The van der Waals surface area contributed by atoms with Gasteiger partial charge in [0.15, 0.2) is 6.10 Å². The predicted octanol–water partition coefficient (Wildman–Crippen LogP) is 3.07. The minimum atomic E-state index is -1.17. The van der Waals surface area contributed by atoms with Crippen molar-refractivity contribution in [1.82, 2.24) is 5.32 Å². The second kappa shape index (κ2) is 8.47. The molecule has 1 rings (SSSR count). The van der Waals surface area contributed by atoms with Crippen LogP contribution in [0.1, 0.15) is 50.8 Å². The quantitative estimate of drug-likeness (QED) is 0.724. The number of benzene rings is 1. The lowest BCUT2D eigenvalue weighted by Gasteiger charge is -2.16. The third kappa shape index (κ3) is 5.23. The number of aliphatic hydroxyl groups is 1. The van der Waals surface area contributed by atoms with Crippen molar-refractivity contribution < 1.29 is 14.6 Å². The molecule has 0 aromatic heterocycles. The summed E-state index contributed by atoms with van der Waals surface area (Å²) < 4.78 is 5.66. The highest BCUT2D eigenvalue weighted by Gasteiger charge is 2.18. The third-order valence-corrected chi connectivity index (χ3v) is 3.01. The van der Waals surface area contributed by atoms with Gasteiger partial charge in [0.05, 0.1) is 6.10 Å². The fourth-order valence-electron chi connectivity index (χ4n) is 1.89. The fraction of sp³-hybridized carbons (Fsp3) is 0.471. The first-order chi connectivity index (χ1) is 9.99. The first-order valence-electron chi connectivity index (χ1n) is 7.38. The molecule has 0 spiro atoms. The summed E-state index contributed by atoms with van der Waals surface area (Å²) in [6.45, 7) is 10.3. The summed E-state index contributed by atoms with van der Waals surface area (Å²) in [5.41, 5.74) is 1.30. The molecule has 1 atom stereocenters. The molecule has 4 nitrogen and oxygen atoms in total. The summed E-state index contributed by atoms with van der Waals surface area (Å²) in [6.07, 6.45) is 2.43. The Morgan fingerprint density at radius 3 is 2.76 bits per heavy atom. The number of amides is 1. The number of nitrogens with one attached hydrogen (secondary N) is 1. The lowest BCUT2D eigenvalue weighted by atomic mass is 10.0. The molecule has 1 aromatic carbocycles. The average Bonchev–Trinajstić information content (AvgIpc) is 2.46. The number of carbonyl (C=O) groups is 1. The molecule has 2 N–H and O–H groups in total. The third-order valence-electron chi connectivity index (χ3n) is 3.01. The van der Waals surface area contributed by atoms with Gasteiger partial charge in [-0.25, -0.2) is 0 Å². The number of ether oxygens (including phenoxy) is 1. The van der Waals surface area contributed by atoms with Crippen LogP contribution in [-0.2, 0) is 4.79 Å². The smallest absolute Gasteiger partial charge is 0.253 e. The summed E-state index contributed by atoms with van der Waals surface area (Å²) in [5, 5.41) is 12.8. The van der Waals surface area contributed by atoms with Crippen LogP contribution < -0.4 is 10.1 Å². The van der Waals surface area contributed by atoms with Gasteiger partial charge in [-0.3, -0.25) is 4.79 Å². The molecule has 4 heteroatoms. The van der Waals surface area contributed by atoms with Crippen LogP contribution in [0.15, 0.2) is 24.8 Å². The Morgan fingerprint density at radius 1 is 1.48 bits per heavy atom. The molecule has 21 heavy (non-hydrogen) atoms. The molecule has 116 valence electrons. The lowest BCUT2D eigenvalue weighted by molar-refractivity contribution is -0.129. The molecule has 0 aliphatic heterocycles. The van der Waals surface area contributed by atoms with E-state index < -0.39 is 6.10 Å². The Labute approximate surface area is 126 Å². The van der Waals surface area contributed by atoms with Gasteiger partial charge in [-0.1, -0.05) is 32.1 Å². The molecule has 1 amide bonds. The Balaban J connectivity index is 2.83. The van der Waals surface area contributed by atoms with E-state index in [4.69, 9.17) is 4.74 Å². The number of carbonyl (C=O) groups excluding carboxylic acids is 1. The van der Waals surface area contributed by atoms with Crippen molar-refractivity contribution in [3.63, 3.8) is 0 Å². The van der Waals surface area contributed by atoms with Crippen LogP contribution in [0.3, 0.4) is 0 Å². The zero-order valence-corrected chi connectivity index (χ0v) is 13.1. The second-order valence-corrected chi connectivity index (χ2v) is 5.22. The van der Waals surface area contributed by atoms with Gasteiger partial charge in [-0.05, 0) is 38.0 Å². The van der Waals surface area contributed by atoms with Crippen molar-refractivity contribution >= 4 is 12.0 Å². The summed E-state index contributed by atoms with van der Waals surface area (Å²) in [5.74, 6) is 0.318. The summed E-state index contributed by atoms with van der Waals surface area (Å²) in [6, 6.07) is 5.19. The molecule has 0 aliphatic rings. The number of unbranched alkanes of at least 4 members (excludes halogenated alkanes) is 1. The maximum atomic E-state index is 11.9. The van der Waals surface area contributed by atoms with Crippen LogP contribution in [0.5, 0.6) is 5.75 Å². The van der Waals surface area contributed by atoms with Gasteiger partial charge in [0, 0.05) is 12.1 Å². The zero-order chi connectivity index (χ0) is 15.8. The number of rotatable bonds is 8. The van der Waals surface area contributed by atoms with Crippen LogP contribution in [0, 0.1) is 0 Å². The predicted molar refractivity (Wildman–Crippen MR) is 85.2 cm³/mol. The van der Waals surface area contributed by atoms with Crippen molar-refractivity contribution in [3.05, 3.63) is 35.9 Å². The molecule has 0 heterocycles. The van der Waals surface area contributed by atoms with Crippen molar-refractivity contribution in [2.24, 2.45) is 0 Å². The maximum Gasteiger partial charge on any atom is 0.253 e. The molecular weight excluding hydrogens is 266 g/mol. The van der Waals surface area contributed by atoms with E-state index >= 15 is 0 Å². The molecule has 0 bridgehead atoms. The molecule has 0 saturated carbocycles. The van der Waals surface area contributed by atoms with E-state index in [1.54, 1.807) is 24.3 Å². The first kappa shape index (κ1) is 17.2. The molecule has 0 aliphatic carbocycles. The van der Waals surface area contributed by atoms with Gasteiger partial charge < -0.3 is 15.2 Å². The van der Waals surface area contributed by atoms with Crippen molar-refractivity contribution in [1.29, 1.82) is 0 Å². The highest BCUT2D eigenvalue weighted by atomic mass is 16.5. The highest BCUT2D eigenvalue weighted by molar-refractivity contribution is 5.82. The highest BCUT2D eigenvalue weighted by Crippen LogP contribution is 2.25. The first-order valence-corrected chi connectivity index (χ1v) is 7.38. The fourth-order valence-corrected chi connectivity index (χ4v) is 1.89. The number of hydrogen-bond donors (Lipinski definition) is 2. The Kier molecular flexibility index (Phi) is 6.96. The van der Waals surface area contributed by atoms with E-state index in [0.717, 1.165) is 18.4 Å². The zero-order valence-electron chi connectivity index (χ0n) is 13.1. The second-order valence-electron chi connectivity index (χ2n) is 5.22. The van der Waals surface area contributed by atoms with Crippen LogP contribution in [0.2, 0.25) is 0 Å². The molecule has 0 fully saturated rings. The van der Waals surface area contributed by atoms with E-state index in [1.807, 2.05) is 20.8 Å². The van der Waals surface area contributed by atoms with E-state index in [0.29, 0.717) is 17.9 Å². The van der Waals surface area contributed by atoms with Gasteiger partial charge in [0.25, 0.3) is 5.91 Å². The van der Waals surface area contributed by atoms with E-state index in [2.05, 4.69) is 11.9 Å². The van der Waals surface area contributed by atoms with Gasteiger partial charge in [0.2, 0.25) is 0 Å².